The van der Waals surface area contributed by atoms with Crippen molar-refractivity contribution in [1.29, 1.82) is 0 Å². The Bertz CT molecular complexity index is 705. The summed E-state index contributed by atoms with van der Waals surface area (Å²) in [6.07, 6.45) is 2.07. The van der Waals surface area contributed by atoms with E-state index in [1.54, 1.807) is 6.92 Å². The van der Waals surface area contributed by atoms with Crippen LogP contribution in [0.15, 0.2) is 42.5 Å². The number of nitrogens with one attached hydrogen (secondary N) is 1. The Morgan fingerprint density at radius 2 is 1.73 bits per heavy atom. The third-order valence-electron chi connectivity index (χ3n) is 4.80. The fourth-order valence-electron chi connectivity index (χ4n) is 3.51. The van der Waals surface area contributed by atoms with Crippen molar-refractivity contribution in [2.24, 2.45) is 0 Å². The van der Waals surface area contributed by atoms with Crippen LogP contribution in [0.25, 0.3) is 0 Å². The lowest BCUT2D eigenvalue weighted by molar-refractivity contribution is -0.119. The molecule has 114 valence electrons. The normalized spacial score (nSPS) is 20.3. The SMILES string of the molecule is CC(=O)N[C@@H]1CCC(c2ccc(C)c(C)c2)c2ccccc21. The molecular weight excluding hydrogens is 270 g/mol. The van der Waals surface area contributed by atoms with Crippen LogP contribution in [0, 0.1) is 13.8 Å². The monoisotopic (exact) mass is 293 g/mol. The summed E-state index contributed by atoms with van der Waals surface area (Å²) < 4.78 is 0. The third kappa shape index (κ3) is 2.78. The molecule has 1 unspecified atom stereocenters. The summed E-state index contributed by atoms with van der Waals surface area (Å²) in [6.45, 7) is 5.92. The van der Waals surface area contributed by atoms with E-state index in [-0.39, 0.29) is 11.9 Å². The number of carbonyl (C=O) groups is 1. The van der Waals surface area contributed by atoms with Gasteiger partial charge >= 0.3 is 0 Å². The highest BCUT2D eigenvalue weighted by Crippen LogP contribution is 2.41. The minimum absolute atomic E-state index is 0.0458. The molecule has 1 N–H and O–H groups in total. The van der Waals surface area contributed by atoms with E-state index >= 15 is 0 Å². The van der Waals surface area contributed by atoms with Crippen molar-refractivity contribution in [3.05, 3.63) is 70.3 Å². The van der Waals surface area contributed by atoms with Gasteiger partial charge in [0.25, 0.3) is 0 Å². The molecule has 3 rings (SSSR count). The second-order valence-corrected chi connectivity index (χ2v) is 6.36. The number of fused-ring (bicyclic) bond motifs is 1. The Kier molecular flexibility index (Phi) is 4.02. The zero-order chi connectivity index (χ0) is 15.7. The van der Waals surface area contributed by atoms with E-state index in [2.05, 4.69) is 61.6 Å². The van der Waals surface area contributed by atoms with Gasteiger partial charge in [-0.1, -0.05) is 42.5 Å². The molecule has 0 aliphatic heterocycles. The summed E-state index contributed by atoms with van der Waals surface area (Å²) >= 11 is 0. The van der Waals surface area contributed by atoms with Gasteiger partial charge in [-0.25, -0.2) is 0 Å². The highest BCUT2D eigenvalue weighted by molar-refractivity contribution is 5.73. The number of aryl methyl sites for hydroxylation is 2. The lowest BCUT2D eigenvalue weighted by atomic mass is 9.76. The van der Waals surface area contributed by atoms with Gasteiger partial charge in [-0.05, 0) is 54.5 Å². The molecular formula is C20H23NO. The molecule has 0 heterocycles. The van der Waals surface area contributed by atoms with E-state index in [9.17, 15) is 4.79 Å². The molecule has 22 heavy (non-hydrogen) atoms. The Hall–Kier alpha value is -2.09. The van der Waals surface area contributed by atoms with Gasteiger partial charge in [-0.3, -0.25) is 4.79 Å². The van der Waals surface area contributed by atoms with Crippen molar-refractivity contribution >= 4 is 5.91 Å². The van der Waals surface area contributed by atoms with E-state index in [0.717, 1.165) is 12.8 Å². The van der Waals surface area contributed by atoms with Gasteiger partial charge in [0.15, 0.2) is 0 Å². The highest BCUT2D eigenvalue weighted by atomic mass is 16.1. The van der Waals surface area contributed by atoms with Crippen LogP contribution in [0.1, 0.15) is 59.5 Å². The Balaban J connectivity index is 2.00. The molecule has 1 amide bonds. The van der Waals surface area contributed by atoms with E-state index in [4.69, 9.17) is 0 Å². The van der Waals surface area contributed by atoms with Gasteiger partial charge in [-0.15, -0.1) is 0 Å². The maximum atomic E-state index is 11.4. The van der Waals surface area contributed by atoms with Crippen molar-refractivity contribution in [2.45, 2.75) is 45.6 Å². The van der Waals surface area contributed by atoms with Gasteiger partial charge in [-0.2, -0.15) is 0 Å². The summed E-state index contributed by atoms with van der Waals surface area (Å²) in [5, 5.41) is 3.09. The summed E-state index contributed by atoms with van der Waals surface area (Å²) in [4.78, 5) is 11.4. The fourth-order valence-corrected chi connectivity index (χ4v) is 3.51. The Morgan fingerprint density at radius 3 is 2.41 bits per heavy atom. The molecule has 2 nitrogen and oxygen atoms in total. The first-order valence-electron chi connectivity index (χ1n) is 7.99. The predicted octanol–water partition coefficient (Wildman–Crippen LogP) is 4.41. The van der Waals surface area contributed by atoms with Crippen LogP contribution in [0.4, 0.5) is 0 Å². The van der Waals surface area contributed by atoms with Crippen LogP contribution in [0.5, 0.6) is 0 Å². The van der Waals surface area contributed by atoms with Crippen LogP contribution in [-0.4, -0.2) is 5.91 Å². The smallest absolute Gasteiger partial charge is 0.217 e. The zero-order valence-electron chi connectivity index (χ0n) is 13.5. The number of rotatable bonds is 2. The summed E-state index contributed by atoms with van der Waals surface area (Å²) in [5.74, 6) is 0.477. The predicted molar refractivity (Wildman–Crippen MR) is 90.0 cm³/mol. The first-order valence-corrected chi connectivity index (χ1v) is 7.99. The molecule has 0 aromatic heterocycles. The topological polar surface area (TPSA) is 29.1 Å². The van der Waals surface area contributed by atoms with Crippen molar-refractivity contribution in [2.75, 3.05) is 0 Å². The van der Waals surface area contributed by atoms with Crippen LogP contribution < -0.4 is 5.32 Å². The number of hydrogen-bond donors (Lipinski definition) is 1. The van der Waals surface area contributed by atoms with Crippen LogP contribution >= 0.6 is 0 Å². The fraction of sp³-hybridized carbons (Fsp3) is 0.350. The minimum atomic E-state index is 0.0458. The van der Waals surface area contributed by atoms with Gasteiger partial charge in [0.05, 0.1) is 6.04 Å². The molecule has 2 atom stereocenters. The number of amides is 1. The molecule has 0 radical (unpaired) electrons. The summed E-state index contributed by atoms with van der Waals surface area (Å²) in [6, 6.07) is 15.5. The van der Waals surface area contributed by atoms with E-state index in [0.29, 0.717) is 5.92 Å². The van der Waals surface area contributed by atoms with E-state index in [1.165, 1.54) is 27.8 Å². The molecule has 1 aliphatic carbocycles. The van der Waals surface area contributed by atoms with E-state index in [1.807, 2.05) is 0 Å². The molecule has 0 fully saturated rings. The summed E-state index contributed by atoms with van der Waals surface area (Å²) in [7, 11) is 0. The van der Waals surface area contributed by atoms with Gasteiger partial charge in [0, 0.05) is 12.8 Å². The lowest BCUT2D eigenvalue weighted by Crippen LogP contribution is -2.30. The first kappa shape index (κ1) is 14.8. The van der Waals surface area contributed by atoms with Gasteiger partial charge in [0.2, 0.25) is 5.91 Å². The molecule has 0 saturated heterocycles. The third-order valence-corrected chi connectivity index (χ3v) is 4.80. The van der Waals surface area contributed by atoms with Gasteiger partial charge < -0.3 is 5.32 Å². The minimum Gasteiger partial charge on any atom is -0.350 e. The second-order valence-electron chi connectivity index (χ2n) is 6.36. The molecule has 2 aromatic rings. The number of benzene rings is 2. The average molecular weight is 293 g/mol. The van der Waals surface area contributed by atoms with Crippen molar-refractivity contribution in [3.8, 4) is 0 Å². The quantitative estimate of drug-likeness (QED) is 0.873. The van der Waals surface area contributed by atoms with Crippen LogP contribution in [-0.2, 0) is 4.79 Å². The molecule has 2 aromatic carbocycles. The average Bonchev–Trinajstić information content (AvgIpc) is 2.50. The van der Waals surface area contributed by atoms with Crippen molar-refractivity contribution in [3.63, 3.8) is 0 Å². The Labute approximate surface area is 132 Å². The van der Waals surface area contributed by atoms with Crippen LogP contribution in [0.2, 0.25) is 0 Å². The lowest BCUT2D eigenvalue weighted by Gasteiger charge is -2.32. The summed E-state index contributed by atoms with van der Waals surface area (Å²) in [5.41, 5.74) is 6.70. The molecule has 1 aliphatic rings. The zero-order valence-corrected chi connectivity index (χ0v) is 13.5. The number of hydrogen-bond acceptors (Lipinski definition) is 1. The molecule has 0 bridgehead atoms. The van der Waals surface area contributed by atoms with E-state index < -0.39 is 0 Å². The largest absolute Gasteiger partial charge is 0.350 e. The molecule has 0 spiro atoms. The molecule has 0 saturated carbocycles. The van der Waals surface area contributed by atoms with Gasteiger partial charge in [0.1, 0.15) is 0 Å². The second kappa shape index (κ2) is 5.96. The van der Waals surface area contributed by atoms with Crippen LogP contribution in [0.3, 0.4) is 0 Å². The standard InChI is InChI=1S/C20H23NO/c1-13-8-9-16(12-14(13)2)17-10-11-20(21-15(3)22)19-7-5-4-6-18(17)19/h4-9,12,17,20H,10-11H2,1-3H3,(H,21,22)/t17?,20-/m1/s1. The maximum absolute atomic E-state index is 11.4. The van der Waals surface area contributed by atoms with Crippen molar-refractivity contribution < 1.29 is 4.79 Å². The maximum Gasteiger partial charge on any atom is 0.217 e. The first-order chi connectivity index (χ1) is 10.6. The Morgan fingerprint density at radius 1 is 1.00 bits per heavy atom. The van der Waals surface area contributed by atoms with Crippen molar-refractivity contribution in [1.82, 2.24) is 5.32 Å². The number of carbonyl (C=O) groups excluding carboxylic acids is 1. The molecule has 2 heteroatoms. The highest BCUT2D eigenvalue weighted by Gasteiger charge is 2.28.